The fraction of sp³-hybridized carbons (Fsp3) is 0.316. The number of piperazine rings is 1. The fourth-order valence-corrected chi connectivity index (χ4v) is 4.78. The van der Waals surface area contributed by atoms with E-state index in [1.165, 1.54) is 19.1 Å². The summed E-state index contributed by atoms with van der Waals surface area (Å²) in [6, 6.07) is 16.1. The lowest BCUT2D eigenvalue weighted by Crippen LogP contribution is -2.54. The summed E-state index contributed by atoms with van der Waals surface area (Å²) in [5.41, 5.74) is 1.62. The molecule has 1 saturated heterocycles. The predicted molar refractivity (Wildman–Crippen MR) is 98.5 cm³/mol. The van der Waals surface area contributed by atoms with Crippen LogP contribution in [-0.2, 0) is 10.0 Å². The molecule has 0 radical (unpaired) electrons. The van der Waals surface area contributed by atoms with Crippen LogP contribution in [0.15, 0.2) is 59.5 Å². The van der Waals surface area contributed by atoms with E-state index in [0.29, 0.717) is 25.2 Å². The molecule has 2 aromatic rings. The van der Waals surface area contributed by atoms with Crippen molar-refractivity contribution in [3.8, 4) is 0 Å². The van der Waals surface area contributed by atoms with Gasteiger partial charge in [-0.3, -0.25) is 4.79 Å². The number of para-hydroxylation sites is 1. The number of Topliss-reactive ketones (excluding diaryl/α,β-unsaturated/α-hetero) is 1. The van der Waals surface area contributed by atoms with Crippen molar-refractivity contribution in [3.63, 3.8) is 0 Å². The van der Waals surface area contributed by atoms with Gasteiger partial charge in [0.05, 0.1) is 4.90 Å². The lowest BCUT2D eigenvalue weighted by atomic mass is 10.2. The average Bonchev–Trinajstić information content (AvgIpc) is 2.62. The third-order valence-corrected chi connectivity index (χ3v) is 6.58. The molecule has 3 rings (SSSR count). The number of rotatable bonds is 4. The van der Waals surface area contributed by atoms with E-state index in [2.05, 4.69) is 4.90 Å². The molecular formula is C19H22N2O3S. The van der Waals surface area contributed by atoms with Crippen molar-refractivity contribution >= 4 is 21.5 Å². The van der Waals surface area contributed by atoms with Crippen LogP contribution >= 0.6 is 0 Å². The van der Waals surface area contributed by atoms with Crippen molar-refractivity contribution in [3.05, 3.63) is 60.2 Å². The zero-order valence-electron chi connectivity index (χ0n) is 14.4. The molecule has 0 unspecified atom stereocenters. The van der Waals surface area contributed by atoms with Crippen LogP contribution in [0.5, 0.6) is 0 Å². The quantitative estimate of drug-likeness (QED) is 0.789. The van der Waals surface area contributed by atoms with E-state index < -0.39 is 10.0 Å². The molecule has 5 nitrogen and oxygen atoms in total. The van der Waals surface area contributed by atoms with Crippen LogP contribution in [0, 0.1) is 0 Å². The third-order valence-electron chi connectivity index (χ3n) is 4.56. The number of benzene rings is 2. The minimum absolute atomic E-state index is 0.0752. The van der Waals surface area contributed by atoms with E-state index in [1.807, 2.05) is 37.3 Å². The van der Waals surface area contributed by atoms with Crippen LogP contribution in [0.25, 0.3) is 0 Å². The summed E-state index contributed by atoms with van der Waals surface area (Å²) in [5, 5.41) is 0. The zero-order valence-corrected chi connectivity index (χ0v) is 15.2. The minimum Gasteiger partial charge on any atom is -0.369 e. The highest BCUT2D eigenvalue weighted by Crippen LogP contribution is 2.24. The van der Waals surface area contributed by atoms with Gasteiger partial charge in [0.2, 0.25) is 10.0 Å². The number of hydrogen-bond donors (Lipinski definition) is 0. The molecule has 1 aliphatic heterocycles. The van der Waals surface area contributed by atoms with Gasteiger partial charge >= 0.3 is 0 Å². The molecule has 1 fully saturated rings. The Labute approximate surface area is 148 Å². The van der Waals surface area contributed by atoms with Crippen molar-refractivity contribution in [2.24, 2.45) is 0 Å². The van der Waals surface area contributed by atoms with Gasteiger partial charge in [-0.05, 0) is 38.1 Å². The first-order valence-corrected chi connectivity index (χ1v) is 9.76. The highest BCUT2D eigenvalue weighted by molar-refractivity contribution is 7.89. The van der Waals surface area contributed by atoms with E-state index in [1.54, 1.807) is 16.4 Å². The second-order valence-electron chi connectivity index (χ2n) is 6.33. The molecule has 0 saturated carbocycles. The third kappa shape index (κ3) is 3.60. The Morgan fingerprint density at radius 3 is 2.20 bits per heavy atom. The number of hydrogen-bond acceptors (Lipinski definition) is 4. The first-order valence-electron chi connectivity index (χ1n) is 8.32. The molecule has 0 bridgehead atoms. The fourth-order valence-electron chi connectivity index (χ4n) is 3.17. The number of sulfonamides is 1. The summed E-state index contributed by atoms with van der Waals surface area (Å²) in [5.74, 6) is -0.0752. The standard InChI is InChI=1S/C19H22N2O3S/c1-15-14-20(18-6-4-3-5-7-18)12-13-21(15)25(23,24)19-10-8-17(9-11-19)16(2)22/h3-11,15H,12-14H2,1-2H3/t15-/m1/s1. The molecule has 6 heteroatoms. The van der Waals surface area contributed by atoms with E-state index in [-0.39, 0.29) is 16.7 Å². The monoisotopic (exact) mass is 358 g/mol. The Morgan fingerprint density at radius 2 is 1.64 bits per heavy atom. The van der Waals surface area contributed by atoms with Gasteiger partial charge in [0.15, 0.2) is 5.78 Å². The van der Waals surface area contributed by atoms with Crippen LogP contribution < -0.4 is 4.90 Å². The highest BCUT2D eigenvalue weighted by Gasteiger charge is 2.33. The maximum atomic E-state index is 12.9. The summed E-state index contributed by atoms with van der Waals surface area (Å²) in [7, 11) is -3.56. The van der Waals surface area contributed by atoms with Crippen molar-refractivity contribution in [2.45, 2.75) is 24.8 Å². The van der Waals surface area contributed by atoms with Crippen LogP contribution in [0.3, 0.4) is 0 Å². The predicted octanol–water partition coefficient (Wildman–Crippen LogP) is 2.79. The van der Waals surface area contributed by atoms with Gasteiger partial charge in [-0.15, -0.1) is 0 Å². The molecule has 0 aliphatic carbocycles. The van der Waals surface area contributed by atoms with Crippen LogP contribution in [0.2, 0.25) is 0 Å². The number of ketones is 1. The summed E-state index contributed by atoms with van der Waals surface area (Å²) < 4.78 is 27.4. The molecular weight excluding hydrogens is 336 g/mol. The van der Waals surface area contributed by atoms with E-state index >= 15 is 0 Å². The summed E-state index contributed by atoms with van der Waals surface area (Å²) >= 11 is 0. The highest BCUT2D eigenvalue weighted by atomic mass is 32.2. The molecule has 1 heterocycles. The number of nitrogens with zero attached hydrogens (tertiary/aromatic N) is 2. The molecule has 25 heavy (non-hydrogen) atoms. The number of carbonyl (C=O) groups is 1. The van der Waals surface area contributed by atoms with Crippen LogP contribution in [-0.4, -0.2) is 44.2 Å². The van der Waals surface area contributed by atoms with Crippen molar-refractivity contribution < 1.29 is 13.2 Å². The van der Waals surface area contributed by atoms with Gasteiger partial charge in [0.1, 0.15) is 0 Å². The lowest BCUT2D eigenvalue weighted by molar-refractivity contribution is 0.101. The van der Waals surface area contributed by atoms with Crippen molar-refractivity contribution in [2.75, 3.05) is 24.5 Å². The van der Waals surface area contributed by atoms with E-state index in [4.69, 9.17) is 0 Å². The topological polar surface area (TPSA) is 57.7 Å². The summed E-state index contributed by atoms with van der Waals surface area (Å²) in [4.78, 5) is 13.8. The van der Waals surface area contributed by atoms with Crippen LogP contribution in [0.1, 0.15) is 24.2 Å². The van der Waals surface area contributed by atoms with Crippen LogP contribution in [0.4, 0.5) is 5.69 Å². The normalized spacial score (nSPS) is 19.0. The molecule has 0 amide bonds. The molecule has 1 aliphatic rings. The van der Waals surface area contributed by atoms with Gasteiger partial charge < -0.3 is 4.90 Å². The van der Waals surface area contributed by atoms with Crippen molar-refractivity contribution in [1.29, 1.82) is 0 Å². The molecule has 0 N–H and O–H groups in total. The minimum atomic E-state index is -3.56. The maximum absolute atomic E-state index is 12.9. The Bertz CT molecular complexity index is 848. The molecule has 0 spiro atoms. The van der Waals surface area contributed by atoms with Gasteiger partial charge in [-0.2, -0.15) is 4.31 Å². The first kappa shape index (κ1) is 17.6. The Morgan fingerprint density at radius 1 is 1.00 bits per heavy atom. The molecule has 0 aromatic heterocycles. The van der Waals surface area contributed by atoms with Gasteiger partial charge in [-0.25, -0.2) is 8.42 Å². The Hall–Kier alpha value is -2.18. The SMILES string of the molecule is CC(=O)c1ccc(S(=O)(=O)N2CCN(c3ccccc3)C[C@H]2C)cc1. The summed E-state index contributed by atoms with van der Waals surface area (Å²) in [6.45, 7) is 5.13. The van der Waals surface area contributed by atoms with Gasteiger partial charge in [0.25, 0.3) is 0 Å². The van der Waals surface area contributed by atoms with Crippen molar-refractivity contribution in [1.82, 2.24) is 4.31 Å². The molecule has 2 aromatic carbocycles. The number of carbonyl (C=O) groups excluding carboxylic acids is 1. The Balaban J connectivity index is 1.78. The maximum Gasteiger partial charge on any atom is 0.243 e. The number of anilines is 1. The average molecular weight is 358 g/mol. The summed E-state index contributed by atoms with van der Waals surface area (Å²) in [6.07, 6.45) is 0. The Kier molecular flexibility index (Phi) is 4.92. The second kappa shape index (κ2) is 6.98. The largest absolute Gasteiger partial charge is 0.369 e. The van der Waals surface area contributed by atoms with Gasteiger partial charge in [0, 0.05) is 36.9 Å². The van der Waals surface area contributed by atoms with E-state index in [0.717, 1.165) is 5.69 Å². The molecule has 132 valence electrons. The molecule has 1 atom stereocenters. The van der Waals surface area contributed by atoms with Gasteiger partial charge in [-0.1, -0.05) is 30.3 Å². The first-order chi connectivity index (χ1) is 11.9. The second-order valence-corrected chi connectivity index (χ2v) is 8.22. The smallest absolute Gasteiger partial charge is 0.243 e. The zero-order chi connectivity index (χ0) is 18.0. The lowest BCUT2D eigenvalue weighted by Gasteiger charge is -2.40. The van der Waals surface area contributed by atoms with E-state index in [9.17, 15) is 13.2 Å².